The van der Waals surface area contributed by atoms with Gasteiger partial charge in [-0.2, -0.15) is 0 Å². The number of benzene rings is 1. The SMILES string of the molecule is COc1cccc(C(C)N2CCN(CCN)CC2)c1. The first-order valence-corrected chi connectivity index (χ1v) is 7.05. The topological polar surface area (TPSA) is 41.7 Å². The van der Waals surface area contributed by atoms with Gasteiger partial charge in [-0.3, -0.25) is 9.80 Å². The summed E-state index contributed by atoms with van der Waals surface area (Å²) >= 11 is 0. The molecule has 106 valence electrons. The summed E-state index contributed by atoms with van der Waals surface area (Å²) in [6, 6.07) is 8.82. The van der Waals surface area contributed by atoms with Crippen LogP contribution in [0.25, 0.3) is 0 Å². The molecule has 1 aliphatic rings. The molecule has 1 aromatic carbocycles. The zero-order chi connectivity index (χ0) is 13.7. The Morgan fingerprint density at radius 3 is 2.63 bits per heavy atom. The largest absolute Gasteiger partial charge is 0.497 e. The Balaban J connectivity index is 1.94. The van der Waals surface area contributed by atoms with E-state index in [0.717, 1.165) is 45.0 Å². The third-order valence-corrected chi connectivity index (χ3v) is 3.98. The van der Waals surface area contributed by atoms with E-state index >= 15 is 0 Å². The van der Waals surface area contributed by atoms with Gasteiger partial charge in [0.05, 0.1) is 7.11 Å². The highest BCUT2D eigenvalue weighted by molar-refractivity contribution is 5.30. The van der Waals surface area contributed by atoms with Gasteiger partial charge in [0, 0.05) is 45.3 Å². The maximum atomic E-state index is 5.61. The minimum Gasteiger partial charge on any atom is -0.497 e. The molecule has 1 heterocycles. The third-order valence-electron chi connectivity index (χ3n) is 3.98. The van der Waals surface area contributed by atoms with Crippen molar-refractivity contribution in [2.75, 3.05) is 46.4 Å². The standard InChI is InChI=1S/C15H25N3O/c1-13(14-4-3-5-15(12-14)19-2)18-10-8-17(7-6-16)9-11-18/h3-5,12-13H,6-11,16H2,1-2H3. The molecule has 1 aliphatic heterocycles. The van der Waals surface area contributed by atoms with Crippen molar-refractivity contribution in [2.45, 2.75) is 13.0 Å². The van der Waals surface area contributed by atoms with Crippen LogP contribution in [0, 0.1) is 0 Å². The van der Waals surface area contributed by atoms with Crippen molar-refractivity contribution in [3.63, 3.8) is 0 Å². The van der Waals surface area contributed by atoms with Crippen LogP contribution in [0.3, 0.4) is 0 Å². The molecule has 4 nitrogen and oxygen atoms in total. The average Bonchev–Trinajstić information content (AvgIpc) is 2.48. The number of ether oxygens (including phenoxy) is 1. The van der Waals surface area contributed by atoms with E-state index in [4.69, 9.17) is 10.5 Å². The summed E-state index contributed by atoms with van der Waals surface area (Å²) in [6.45, 7) is 8.49. The zero-order valence-corrected chi connectivity index (χ0v) is 12.0. The minimum absolute atomic E-state index is 0.440. The van der Waals surface area contributed by atoms with Crippen LogP contribution < -0.4 is 10.5 Å². The van der Waals surface area contributed by atoms with E-state index in [1.54, 1.807) is 7.11 Å². The molecule has 0 bridgehead atoms. The lowest BCUT2D eigenvalue weighted by Gasteiger charge is -2.38. The Hall–Kier alpha value is -1.10. The van der Waals surface area contributed by atoms with Gasteiger partial charge >= 0.3 is 0 Å². The second-order valence-corrected chi connectivity index (χ2v) is 5.12. The smallest absolute Gasteiger partial charge is 0.119 e. The second-order valence-electron chi connectivity index (χ2n) is 5.12. The molecule has 19 heavy (non-hydrogen) atoms. The fraction of sp³-hybridized carbons (Fsp3) is 0.600. The van der Waals surface area contributed by atoms with Crippen molar-refractivity contribution in [1.82, 2.24) is 9.80 Å². The molecule has 2 N–H and O–H groups in total. The molecule has 1 atom stereocenters. The number of nitrogens with zero attached hydrogens (tertiary/aromatic N) is 2. The normalized spacial score (nSPS) is 19.3. The van der Waals surface area contributed by atoms with Gasteiger partial charge in [-0.1, -0.05) is 12.1 Å². The number of methoxy groups -OCH3 is 1. The van der Waals surface area contributed by atoms with Gasteiger partial charge in [0.15, 0.2) is 0 Å². The number of hydrogen-bond acceptors (Lipinski definition) is 4. The van der Waals surface area contributed by atoms with Crippen LogP contribution in [0.1, 0.15) is 18.5 Å². The molecular formula is C15H25N3O. The molecule has 1 fully saturated rings. The molecule has 0 saturated carbocycles. The predicted molar refractivity (Wildman–Crippen MR) is 78.5 cm³/mol. The van der Waals surface area contributed by atoms with Crippen LogP contribution >= 0.6 is 0 Å². The van der Waals surface area contributed by atoms with Crippen LogP contribution in [-0.4, -0.2) is 56.2 Å². The Bertz CT molecular complexity index is 389. The van der Waals surface area contributed by atoms with Crippen LogP contribution in [-0.2, 0) is 0 Å². The molecule has 1 unspecified atom stereocenters. The highest BCUT2D eigenvalue weighted by Gasteiger charge is 2.21. The summed E-state index contributed by atoms with van der Waals surface area (Å²) < 4.78 is 5.30. The first-order valence-electron chi connectivity index (χ1n) is 7.05. The molecule has 0 aliphatic carbocycles. The van der Waals surface area contributed by atoms with Crippen molar-refractivity contribution >= 4 is 0 Å². The van der Waals surface area contributed by atoms with E-state index in [-0.39, 0.29) is 0 Å². The maximum Gasteiger partial charge on any atom is 0.119 e. The summed E-state index contributed by atoms with van der Waals surface area (Å²) in [4.78, 5) is 4.97. The predicted octanol–water partition coefficient (Wildman–Crippen LogP) is 1.33. The lowest BCUT2D eigenvalue weighted by molar-refractivity contribution is 0.104. The van der Waals surface area contributed by atoms with Gasteiger partial charge < -0.3 is 10.5 Å². The molecule has 2 rings (SSSR count). The molecule has 4 heteroatoms. The van der Waals surface area contributed by atoms with Crippen molar-refractivity contribution in [1.29, 1.82) is 0 Å². The van der Waals surface area contributed by atoms with Crippen LogP contribution in [0.2, 0.25) is 0 Å². The summed E-state index contributed by atoms with van der Waals surface area (Å²) in [5, 5.41) is 0. The fourth-order valence-electron chi connectivity index (χ4n) is 2.67. The van der Waals surface area contributed by atoms with Crippen molar-refractivity contribution in [3.8, 4) is 5.75 Å². The maximum absolute atomic E-state index is 5.61. The Morgan fingerprint density at radius 1 is 1.26 bits per heavy atom. The van der Waals surface area contributed by atoms with Gasteiger partial charge in [0.1, 0.15) is 5.75 Å². The number of piperazine rings is 1. The molecule has 1 saturated heterocycles. The first kappa shape index (κ1) is 14.3. The highest BCUT2D eigenvalue weighted by atomic mass is 16.5. The van der Waals surface area contributed by atoms with E-state index in [1.807, 2.05) is 6.07 Å². The summed E-state index contributed by atoms with van der Waals surface area (Å²) in [5.41, 5.74) is 6.93. The lowest BCUT2D eigenvalue weighted by atomic mass is 10.1. The number of nitrogens with two attached hydrogens (primary N) is 1. The lowest BCUT2D eigenvalue weighted by Crippen LogP contribution is -2.48. The van der Waals surface area contributed by atoms with E-state index < -0.39 is 0 Å². The van der Waals surface area contributed by atoms with Crippen molar-refractivity contribution in [3.05, 3.63) is 29.8 Å². The van der Waals surface area contributed by atoms with Gasteiger partial charge in [-0.05, 0) is 24.6 Å². The van der Waals surface area contributed by atoms with Gasteiger partial charge in [-0.25, -0.2) is 0 Å². The highest BCUT2D eigenvalue weighted by Crippen LogP contribution is 2.24. The quantitative estimate of drug-likeness (QED) is 0.870. The van der Waals surface area contributed by atoms with E-state index in [1.165, 1.54) is 5.56 Å². The van der Waals surface area contributed by atoms with E-state index in [9.17, 15) is 0 Å². The average molecular weight is 263 g/mol. The second kappa shape index (κ2) is 6.89. The van der Waals surface area contributed by atoms with Crippen molar-refractivity contribution < 1.29 is 4.74 Å². The number of hydrogen-bond donors (Lipinski definition) is 1. The van der Waals surface area contributed by atoms with Gasteiger partial charge in [0.2, 0.25) is 0 Å². The van der Waals surface area contributed by atoms with Crippen LogP contribution in [0.4, 0.5) is 0 Å². The number of rotatable bonds is 5. The third kappa shape index (κ3) is 3.69. The van der Waals surface area contributed by atoms with Gasteiger partial charge in [0.25, 0.3) is 0 Å². The molecule has 0 spiro atoms. The zero-order valence-electron chi connectivity index (χ0n) is 12.0. The molecule has 0 amide bonds. The van der Waals surface area contributed by atoms with Crippen LogP contribution in [0.15, 0.2) is 24.3 Å². The molecule has 0 aromatic heterocycles. The minimum atomic E-state index is 0.440. The molecule has 1 aromatic rings. The summed E-state index contributed by atoms with van der Waals surface area (Å²) in [7, 11) is 1.72. The van der Waals surface area contributed by atoms with E-state index in [2.05, 4.69) is 34.9 Å². The van der Waals surface area contributed by atoms with Crippen LogP contribution in [0.5, 0.6) is 5.75 Å². The Kier molecular flexibility index (Phi) is 5.19. The summed E-state index contributed by atoms with van der Waals surface area (Å²) in [6.07, 6.45) is 0. The fourth-order valence-corrected chi connectivity index (χ4v) is 2.67. The van der Waals surface area contributed by atoms with Gasteiger partial charge in [-0.15, -0.1) is 0 Å². The molecular weight excluding hydrogens is 238 g/mol. The first-order chi connectivity index (χ1) is 9.24. The molecule has 0 radical (unpaired) electrons. The summed E-state index contributed by atoms with van der Waals surface area (Å²) in [5.74, 6) is 0.936. The van der Waals surface area contributed by atoms with Crippen molar-refractivity contribution in [2.24, 2.45) is 5.73 Å². The van der Waals surface area contributed by atoms with E-state index in [0.29, 0.717) is 6.04 Å². The Morgan fingerprint density at radius 2 is 2.00 bits per heavy atom. The Labute approximate surface area is 116 Å². The monoisotopic (exact) mass is 263 g/mol.